The molecule has 21 heavy (non-hydrogen) atoms. The molecular weight excluding hydrogens is 260 g/mol. The van der Waals surface area contributed by atoms with Gasteiger partial charge in [-0.15, -0.1) is 0 Å². The van der Waals surface area contributed by atoms with Gasteiger partial charge in [-0.25, -0.2) is 9.67 Å². The van der Waals surface area contributed by atoms with Crippen LogP contribution in [0, 0.1) is 6.92 Å². The Hall–Kier alpha value is -2.23. The molecular formula is C17H20N4. The third kappa shape index (κ3) is 2.53. The molecule has 0 saturated carbocycles. The van der Waals surface area contributed by atoms with Gasteiger partial charge in [0.05, 0.1) is 6.20 Å². The first-order chi connectivity index (χ1) is 10.2. The molecule has 0 aliphatic heterocycles. The van der Waals surface area contributed by atoms with Crippen molar-refractivity contribution >= 4 is 11.0 Å². The molecule has 0 aromatic carbocycles. The van der Waals surface area contributed by atoms with Gasteiger partial charge in [0.1, 0.15) is 0 Å². The number of pyridine rings is 2. The van der Waals surface area contributed by atoms with Gasteiger partial charge >= 0.3 is 0 Å². The van der Waals surface area contributed by atoms with Gasteiger partial charge in [-0.05, 0) is 43.5 Å². The number of rotatable bonds is 4. The fraction of sp³-hybridized carbons (Fsp3) is 0.353. The van der Waals surface area contributed by atoms with Crippen LogP contribution < -0.4 is 0 Å². The first kappa shape index (κ1) is 13.7. The van der Waals surface area contributed by atoms with Gasteiger partial charge in [0.2, 0.25) is 0 Å². The van der Waals surface area contributed by atoms with Gasteiger partial charge in [-0.3, -0.25) is 4.98 Å². The number of hydrogen-bond donors (Lipinski definition) is 0. The second kappa shape index (κ2) is 5.64. The van der Waals surface area contributed by atoms with Gasteiger partial charge in [-0.1, -0.05) is 13.3 Å². The summed E-state index contributed by atoms with van der Waals surface area (Å²) >= 11 is 0. The summed E-state index contributed by atoms with van der Waals surface area (Å²) < 4.78 is 1.96. The molecule has 108 valence electrons. The summed E-state index contributed by atoms with van der Waals surface area (Å²) in [6.45, 7) is 7.17. The second-order valence-corrected chi connectivity index (χ2v) is 5.36. The van der Waals surface area contributed by atoms with E-state index in [1.807, 2.05) is 23.3 Å². The molecule has 0 radical (unpaired) electrons. The van der Waals surface area contributed by atoms with Crippen LogP contribution in [0.5, 0.6) is 0 Å². The van der Waals surface area contributed by atoms with Crippen LogP contribution in [0.1, 0.15) is 31.5 Å². The molecule has 0 atom stereocenters. The molecule has 0 aliphatic rings. The third-order valence-electron chi connectivity index (χ3n) is 3.65. The van der Waals surface area contributed by atoms with Crippen molar-refractivity contribution in [3.05, 3.63) is 42.0 Å². The Bertz CT molecular complexity index is 774. The molecule has 0 amide bonds. The monoisotopic (exact) mass is 280 g/mol. The highest BCUT2D eigenvalue weighted by atomic mass is 15.3. The zero-order valence-corrected chi connectivity index (χ0v) is 12.8. The lowest BCUT2D eigenvalue weighted by Gasteiger charge is -2.08. The number of hydrogen-bond acceptors (Lipinski definition) is 3. The van der Waals surface area contributed by atoms with Gasteiger partial charge in [-0.2, -0.15) is 5.10 Å². The average molecular weight is 280 g/mol. The van der Waals surface area contributed by atoms with Crippen LogP contribution in [0.15, 0.2) is 30.7 Å². The topological polar surface area (TPSA) is 43.6 Å². The number of nitrogens with zero attached hydrogens (tertiary/aromatic N) is 4. The van der Waals surface area contributed by atoms with E-state index < -0.39 is 0 Å². The first-order valence-corrected chi connectivity index (χ1v) is 7.50. The Labute approximate surface area is 124 Å². The van der Waals surface area contributed by atoms with E-state index in [9.17, 15) is 0 Å². The Morgan fingerprint density at radius 3 is 2.67 bits per heavy atom. The van der Waals surface area contributed by atoms with Crippen LogP contribution in [0.25, 0.3) is 22.2 Å². The number of aryl methyl sites for hydroxylation is 3. The largest absolute Gasteiger partial charge is 0.264 e. The van der Waals surface area contributed by atoms with Crippen molar-refractivity contribution in [3.63, 3.8) is 0 Å². The quantitative estimate of drug-likeness (QED) is 0.730. The van der Waals surface area contributed by atoms with Gasteiger partial charge in [0.15, 0.2) is 5.65 Å². The van der Waals surface area contributed by atoms with Crippen LogP contribution >= 0.6 is 0 Å². The zero-order valence-electron chi connectivity index (χ0n) is 12.8. The van der Waals surface area contributed by atoms with E-state index in [2.05, 4.69) is 43.0 Å². The van der Waals surface area contributed by atoms with Crippen molar-refractivity contribution in [2.75, 3.05) is 0 Å². The van der Waals surface area contributed by atoms with Crippen LogP contribution in [0.2, 0.25) is 0 Å². The van der Waals surface area contributed by atoms with Gasteiger partial charge in [0.25, 0.3) is 0 Å². The molecule has 0 bridgehead atoms. The van der Waals surface area contributed by atoms with Gasteiger partial charge < -0.3 is 0 Å². The maximum atomic E-state index is 4.78. The van der Waals surface area contributed by atoms with E-state index in [0.717, 1.165) is 47.2 Å². The van der Waals surface area contributed by atoms with Crippen molar-refractivity contribution in [1.82, 2.24) is 19.7 Å². The predicted molar refractivity (Wildman–Crippen MR) is 85.2 cm³/mol. The lowest BCUT2D eigenvalue weighted by molar-refractivity contribution is 0.674. The fourth-order valence-corrected chi connectivity index (χ4v) is 2.66. The lowest BCUT2D eigenvalue weighted by Crippen LogP contribution is -2.00. The van der Waals surface area contributed by atoms with E-state index in [0.29, 0.717) is 0 Å². The van der Waals surface area contributed by atoms with E-state index in [1.54, 1.807) is 0 Å². The normalized spacial score (nSPS) is 11.2. The molecule has 4 heteroatoms. The van der Waals surface area contributed by atoms with Crippen molar-refractivity contribution in [2.45, 2.75) is 40.2 Å². The summed E-state index contributed by atoms with van der Waals surface area (Å²) in [6.07, 6.45) is 7.78. The first-order valence-electron chi connectivity index (χ1n) is 7.50. The lowest BCUT2D eigenvalue weighted by atomic mass is 10.0. The molecule has 0 aliphatic carbocycles. The Kier molecular flexibility index (Phi) is 3.69. The van der Waals surface area contributed by atoms with E-state index in [-0.39, 0.29) is 0 Å². The van der Waals surface area contributed by atoms with Crippen LogP contribution in [0.3, 0.4) is 0 Å². The standard InChI is InChI=1S/C17H20N4/c1-4-6-14-8-15(13-7-12(3)9-18-10-13)16-11-19-21(5-2)17(16)20-14/h7-11H,4-6H2,1-3H3. The minimum absolute atomic E-state index is 0.831. The summed E-state index contributed by atoms with van der Waals surface area (Å²) in [4.78, 5) is 9.11. The van der Waals surface area contributed by atoms with E-state index in [1.165, 1.54) is 5.56 Å². The molecule has 0 spiro atoms. The van der Waals surface area contributed by atoms with E-state index in [4.69, 9.17) is 4.98 Å². The SMILES string of the molecule is CCCc1cc(-c2cncc(C)c2)c2cnn(CC)c2n1. The van der Waals surface area contributed by atoms with Crippen molar-refractivity contribution in [2.24, 2.45) is 0 Å². The Morgan fingerprint density at radius 2 is 1.95 bits per heavy atom. The molecule has 0 fully saturated rings. The van der Waals surface area contributed by atoms with Crippen molar-refractivity contribution in [3.8, 4) is 11.1 Å². The maximum absolute atomic E-state index is 4.78. The van der Waals surface area contributed by atoms with E-state index >= 15 is 0 Å². The van der Waals surface area contributed by atoms with Crippen molar-refractivity contribution < 1.29 is 0 Å². The van der Waals surface area contributed by atoms with Crippen LogP contribution in [-0.4, -0.2) is 19.7 Å². The number of fused-ring (bicyclic) bond motifs is 1. The molecule has 3 aromatic heterocycles. The predicted octanol–water partition coefficient (Wildman–Crippen LogP) is 3.77. The average Bonchev–Trinajstić information content (AvgIpc) is 2.90. The summed E-state index contributed by atoms with van der Waals surface area (Å²) in [5.74, 6) is 0. The minimum atomic E-state index is 0.831. The highest BCUT2D eigenvalue weighted by Crippen LogP contribution is 2.29. The van der Waals surface area contributed by atoms with Crippen molar-refractivity contribution in [1.29, 1.82) is 0 Å². The summed E-state index contributed by atoms with van der Waals surface area (Å²) in [7, 11) is 0. The Morgan fingerprint density at radius 1 is 1.10 bits per heavy atom. The fourth-order valence-electron chi connectivity index (χ4n) is 2.66. The molecule has 0 unspecified atom stereocenters. The molecule has 3 rings (SSSR count). The highest BCUT2D eigenvalue weighted by Gasteiger charge is 2.12. The zero-order chi connectivity index (χ0) is 14.8. The second-order valence-electron chi connectivity index (χ2n) is 5.36. The highest BCUT2D eigenvalue weighted by molar-refractivity contribution is 5.92. The molecule has 0 N–H and O–H groups in total. The number of aromatic nitrogens is 4. The Balaban J connectivity index is 2.27. The summed E-state index contributed by atoms with van der Waals surface area (Å²) in [6, 6.07) is 4.35. The van der Waals surface area contributed by atoms with Crippen LogP contribution in [0.4, 0.5) is 0 Å². The maximum Gasteiger partial charge on any atom is 0.158 e. The van der Waals surface area contributed by atoms with Crippen LogP contribution in [-0.2, 0) is 13.0 Å². The van der Waals surface area contributed by atoms with Gasteiger partial charge in [0, 0.05) is 35.6 Å². The smallest absolute Gasteiger partial charge is 0.158 e. The minimum Gasteiger partial charge on any atom is -0.264 e. The third-order valence-corrected chi connectivity index (χ3v) is 3.65. The molecule has 3 heterocycles. The summed E-state index contributed by atoms with van der Waals surface area (Å²) in [5, 5.41) is 5.56. The molecule has 4 nitrogen and oxygen atoms in total. The molecule has 3 aromatic rings. The summed E-state index contributed by atoms with van der Waals surface area (Å²) in [5.41, 5.74) is 5.57. The molecule has 0 saturated heterocycles.